The van der Waals surface area contributed by atoms with Gasteiger partial charge in [-0.15, -0.1) is 0 Å². The van der Waals surface area contributed by atoms with Crippen molar-refractivity contribution in [2.45, 2.75) is 90.0 Å². The Labute approximate surface area is 126 Å². The van der Waals surface area contributed by atoms with Gasteiger partial charge in [-0.05, 0) is 61.7 Å². The van der Waals surface area contributed by atoms with E-state index in [0.29, 0.717) is 6.04 Å². The summed E-state index contributed by atoms with van der Waals surface area (Å²) >= 11 is 0. The van der Waals surface area contributed by atoms with E-state index < -0.39 is 0 Å². The number of rotatable bonds is 3. The summed E-state index contributed by atoms with van der Waals surface area (Å²) in [5, 5.41) is 0. The number of fused-ring (bicyclic) bond motifs is 1. The molecule has 0 spiro atoms. The Kier molecular flexibility index (Phi) is 5.07. The molecule has 20 heavy (non-hydrogen) atoms. The standard InChI is InChI=1S/C19H35N/c1-2-14-6-5-9-17(12-14)19(20)18-11-10-15-7-3-4-8-16(15)13-18/h14-19H,2-13,20H2,1H3. The summed E-state index contributed by atoms with van der Waals surface area (Å²) in [5.41, 5.74) is 6.76. The Hall–Kier alpha value is -0.0400. The van der Waals surface area contributed by atoms with Gasteiger partial charge in [0.25, 0.3) is 0 Å². The monoisotopic (exact) mass is 277 g/mol. The molecule has 3 aliphatic rings. The minimum absolute atomic E-state index is 0.521. The Morgan fingerprint density at radius 1 is 0.800 bits per heavy atom. The average molecular weight is 277 g/mol. The van der Waals surface area contributed by atoms with E-state index in [-0.39, 0.29) is 0 Å². The van der Waals surface area contributed by atoms with Crippen molar-refractivity contribution >= 4 is 0 Å². The van der Waals surface area contributed by atoms with E-state index >= 15 is 0 Å². The van der Waals surface area contributed by atoms with Crippen molar-refractivity contribution < 1.29 is 0 Å². The van der Waals surface area contributed by atoms with Gasteiger partial charge in [-0.3, -0.25) is 0 Å². The van der Waals surface area contributed by atoms with E-state index in [1.54, 1.807) is 0 Å². The zero-order valence-corrected chi connectivity index (χ0v) is 13.5. The molecule has 0 bridgehead atoms. The SMILES string of the molecule is CCC1CCCC(C(N)C2CCC3CCCCC3C2)C1. The fourth-order valence-corrected chi connectivity index (χ4v) is 5.70. The van der Waals surface area contributed by atoms with Crippen molar-refractivity contribution in [3.05, 3.63) is 0 Å². The Bertz CT molecular complexity index is 300. The van der Waals surface area contributed by atoms with Gasteiger partial charge in [-0.1, -0.05) is 51.9 Å². The molecule has 2 N–H and O–H groups in total. The molecule has 3 saturated carbocycles. The van der Waals surface area contributed by atoms with Crippen molar-refractivity contribution in [1.82, 2.24) is 0 Å². The largest absolute Gasteiger partial charge is 0.327 e. The zero-order valence-electron chi connectivity index (χ0n) is 13.5. The molecule has 3 rings (SSSR count). The van der Waals surface area contributed by atoms with Gasteiger partial charge in [0, 0.05) is 6.04 Å². The summed E-state index contributed by atoms with van der Waals surface area (Å²) in [6.07, 6.45) is 17.6. The van der Waals surface area contributed by atoms with Gasteiger partial charge >= 0.3 is 0 Å². The highest BCUT2D eigenvalue weighted by Gasteiger charge is 2.37. The predicted octanol–water partition coefficient (Wildman–Crippen LogP) is 5.14. The second-order valence-electron chi connectivity index (χ2n) is 8.16. The molecule has 1 nitrogen and oxygen atoms in total. The average Bonchev–Trinajstić information content (AvgIpc) is 2.53. The maximum Gasteiger partial charge on any atom is 0.00958 e. The van der Waals surface area contributed by atoms with E-state index in [0.717, 1.165) is 29.6 Å². The van der Waals surface area contributed by atoms with Gasteiger partial charge in [0.15, 0.2) is 0 Å². The maximum atomic E-state index is 6.76. The van der Waals surface area contributed by atoms with Crippen LogP contribution in [0.25, 0.3) is 0 Å². The minimum atomic E-state index is 0.521. The number of hydrogen-bond donors (Lipinski definition) is 1. The highest BCUT2D eigenvalue weighted by Crippen LogP contribution is 2.45. The molecule has 0 aliphatic heterocycles. The Morgan fingerprint density at radius 2 is 1.55 bits per heavy atom. The Balaban J connectivity index is 1.55. The van der Waals surface area contributed by atoms with Crippen LogP contribution in [0.15, 0.2) is 0 Å². The van der Waals surface area contributed by atoms with Crippen LogP contribution in [0.1, 0.15) is 84.0 Å². The van der Waals surface area contributed by atoms with Crippen LogP contribution in [0.4, 0.5) is 0 Å². The van der Waals surface area contributed by atoms with E-state index in [9.17, 15) is 0 Å². The zero-order chi connectivity index (χ0) is 13.9. The minimum Gasteiger partial charge on any atom is -0.327 e. The molecular weight excluding hydrogens is 242 g/mol. The van der Waals surface area contributed by atoms with Crippen LogP contribution in [-0.4, -0.2) is 6.04 Å². The molecule has 1 heteroatoms. The van der Waals surface area contributed by atoms with Gasteiger partial charge in [0.2, 0.25) is 0 Å². The second-order valence-corrected chi connectivity index (χ2v) is 8.16. The first-order valence-electron chi connectivity index (χ1n) is 9.53. The summed E-state index contributed by atoms with van der Waals surface area (Å²) in [5.74, 6) is 4.79. The van der Waals surface area contributed by atoms with Gasteiger partial charge in [0.1, 0.15) is 0 Å². The molecule has 0 heterocycles. The molecule has 0 aromatic rings. The molecule has 3 fully saturated rings. The third-order valence-electron chi connectivity index (χ3n) is 7.07. The summed E-state index contributed by atoms with van der Waals surface area (Å²) in [6.45, 7) is 2.37. The lowest BCUT2D eigenvalue weighted by Crippen LogP contribution is -2.43. The van der Waals surface area contributed by atoms with Crippen LogP contribution >= 0.6 is 0 Å². The van der Waals surface area contributed by atoms with Crippen molar-refractivity contribution in [2.24, 2.45) is 35.3 Å². The molecule has 0 saturated heterocycles. The molecule has 3 aliphatic carbocycles. The predicted molar refractivity (Wildman–Crippen MR) is 86.5 cm³/mol. The van der Waals surface area contributed by atoms with Gasteiger partial charge in [0.05, 0.1) is 0 Å². The van der Waals surface area contributed by atoms with Crippen molar-refractivity contribution in [3.8, 4) is 0 Å². The molecule has 0 amide bonds. The molecule has 6 atom stereocenters. The van der Waals surface area contributed by atoms with E-state index in [2.05, 4.69) is 6.92 Å². The second kappa shape index (κ2) is 6.81. The summed E-state index contributed by atoms with van der Waals surface area (Å²) in [4.78, 5) is 0. The van der Waals surface area contributed by atoms with Crippen LogP contribution in [0.5, 0.6) is 0 Å². The van der Waals surface area contributed by atoms with Crippen molar-refractivity contribution in [3.63, 3.8) is 0 Å². The lowest BCUT2D eigenvalue weighted by Gasteiger charge is -2.44. The highest BCUT2D eigenvalue weighted by atomic mass is 14.7. The molecule has 0 aromatic heterocycles. The molecule has 0 radical (unpaired) electrons. The first kappa shape index (κ1) is 14.9. The van der Waals surface area contributed by atoms with Crippen LogP contribution in [0.2, 0.25) is 0 Å². The quantitative estimate of drug-likeness (QED) is 0.759. The number of nitrogens with two attached hydrogens (primary N) is 1. The van der Waals surface area contributed by atoms with Crippen LogP contribution < -0.4 is 5.73 Å². The van der Waals surface area contributed by atoms with Crippen LogP contribution in [0.3, 0.4) is 0 Å². The lowest BCUT2D eigenvalue weighted by atomic mass is 9.63. The van der Waals surface area contributed by atoms with E-state index in [4.69, 9.17) is 5.73 Å². The van der Waals surface area contributed by atoms with Gasteiger partial charge in [-0.2, -0.15) is 0 Å². The topological polar surface area (TPSA) is 26.0 Å². The van der Waals surface area contributed by atoms with E-state index in [1.807, 2.05) is 0 Å². The Morgan fingerprint density at radius 3 is 2.35 bits per heavy atom. The fourth-order valence-electron chi connectivity index (χ4n) is 5.70. The molecule has 0 aromatic carbocycles. The third kappa shape index (κ3) is 3.24. The summed E-state index contributed by atoms with van der Waals surface area (Å²) < 4.78 is 0. The normalized spacial score (nSPS) is 43.8. The third-order valence-corrected chi connectivity index (χ3v) is 7.07. The fraction of sp³-hybridized carbons (Fsp3) is 1.00. The smallest absolute Gasteiger partial charge is 0.00958 e. The number of hydrogen-bond acceptors (Lipinski definition) is 1. The van der Waals surface area contributed by atoms with Gasteiger partial charge in [-0.25, -0.2) is 0 Å². The first-order valence-corrected chi connectivity index (χ1v) is 9.53. The highest BCUT2D eigenvalue weighted by molar-refractivity contribution is 4.91. The van der Waals surface area contributed by atoms with Crippen molar-refractivity contribution in [1.29, 1.82) is 0 Å². The molecule has 116 valence electrons. The first-order chi connectivity index (χ1) is 9.78. The summed E-state index contributed by atoms with van der Waals surface area (Å²) in [7, 11) is 0. The van der Waals surface area contributed by atoms with Crippen molar-refractivity contribution in [2.75, 3.05) is 0 Å². The lowest BCUT2D eigenvalue weighted by molar-refractivity contribution is 0.0907. The van der Waals surface area contributed by atoms with Crippen LogP contribution in [0, 0.1) is 29.6 Å². The van der Waals surface area contributed by atoms with Gasteiger partial charge < -0.3 is 5.73 Å². The molecule has 6 unspecified atom stereocenters. The molecular formula is C19H35N. The summed E-state index contributed by atoms with van der Waals surface area (Å²) in [6, 6.07) is 0.521. The maximum absolute atomic E-state index is 6.76. The van der Waals surface area contributed by atoms with E-state index in [1.165, 1.54) is 77.0 Å². The van der Waals surface area contributed by atoms with Crippen LogP contribution in [-0.2, 0) is 0 Å².